The molecule has 1 atom stereocenters. The van der Waals surface area contributed by atoms with E-state index in [-0.39, 0.29) is 17.2 Å². The minimum Gasteiger partial charge on any atom is -0.481 e. The van der Waals surface area contributed by atoms with Gasteiger partial charge >= 0.3 is 5.97 Å². The highest BCUT2D eigenvalue weighted by Gasteiger charge is 2.59. The van der Waals surface area contributed by atoms with E-state index in [2.05, 4.69) is 0 Å². The average Bonchev–Trinajstić information content (AvgIpc) is 3.27. The summed E-state index contributed by atoms with van der Waals surface area (Å²) in [6, 6.07) is 7.74. The number of carboxylic acids is 1. The van der Waals surface area contributed by atoms with Crippen LogP contribution in [-0.4, -0.2) is 40.7 Å². The summed E-state index contributed by atoms with van der Waals surface area (Å²) in [6.07, 6.45) is 3.90. The van der Waals surface area contributed by atoms with Crippen LogP contribution in [0.3, 0.4) is 0 Å². The molecule has 1 aromatic rings. The minimum atomic E-state index is -0.672. The van der Waals surface area contributed by atoms with E-state index >= 15 is 0 Å². The van der Waals surface area contributed by atoms with Crippen molar-refractivity contribution in [1.82, 2.24) is 4.90 Å². The van der Waals surface area contributed by atoms with Crippen LogP contribution in [0.2, 0.25) is 5.02 Å². The highest BCUT2D eigenvalue weighted by atomic mass is 35.5. The number of thioether (sulfide) groups is 1. The molecule has 2 aliphatic rings. The number of nitrogens with zero attached hydrogens (tertiary/aromatic N) is 1. The molecular formula is C18H22ClNO3S. The van der Waals surface area contributed by atoms with Gasteiger partial charge in [-0.15, -0.1) is 11.8 Å². The van der Waals surface area contributed by atoms with Crippen LogP contribution in [0.5, 0.6) is 0 Å². The predicted octanol–water partition coefficient (Wildman–Crippen LogP) is 3.93. The Morgan fingerprint density at radius 1 is 1.25 bits per heavy atom. The quantitative estimate of drug-likeness (QED) is 0.611. The summed E-state index contributed by atoms with van der Waals surface area (Å²) in [6.45, 7) is 1.43. The monoisotopic (exact) mass is 367 g/mol. The van der Waals surface area contributed by atoms with E-state index in [9.17, 15) is 9.59 Å². The fourth-order valence-corrected chi connectivity index (χ4v) is 4.53. The van der Waals surface area contributed by atoms with Gasteiger partial charge in [0.2, 0.25) is 5.91 Å². The van der Waals surface area contributed by atoms with E-state index in [0.29, 0.717) is 19.5 Å². The van der Waals surface area contributed by atoms with Crippen LogP contribution in [0.25, 0.3) is 0 Å². The normalized spacial score (nSPS) is 21.7. The number of hydrogen-bond acceptors (Lipinski definition) is 3. The summed E-state index contributed by atoms with van der Waals surface area (Å²) in [4.78, 5) is 26.4. The zero-order valence-corrected chi connectivity index (χ0v) is 15.1. The second-order valence-corrected chi connectivity index (χ2v) is 8.35. The molecule has 6 heteroatoms. The van der Waals surface area contributed by atoms with Crippen molar-refractivity contribution in [2.75, 3.05) is 18.8 Å². The Kier molecular flexibility index (Phi) is 5.40. The van der Waals surface area contributed by atoms with Gasteiger partial charge in [0.15, 0.2) is 0 Å². The molecule has 1 aliphatic heterocycles. The van der Waals surface area contributed by atoms with E-state index in [0.717, 1.165) is 36.5 Å². The van der Waals surface area contributed by atoms with Crippen LogP contribution < -0.4 is 0 Å². The third-order valence-electron chi connectivity index (χ3n) is 5.22. The number of amides is 1. The van der Waals surface area contributed by atoms with Gasteiger partial charge in [-0.05, 0) is 61.1 Å². The topological polar surface area (TPSA) is 57.6 Å². The molecule has 0 aromatic heterocycles. The Balaban J connectivity index is 1.34. The van der Waals surface area contributed by atoms with Gasteiger partial charge in [0, 0.05) is 29.4 Å². The van der Waals surface area contributed by atoms with Crippen molar-refractivity contribution in [1.29, 1.82) is 0 Å². The predicted molar refractivity (Wildman–Crippen MR) is 95.4 cm³/mol. The van der Waals surface area contributed by atoms with Crippen LogP contribution >= 0.6 is 23.4 Å². The smallest absolute Gasteiger partial charge is 0.307 e. The molecule has 1 aliphatic carbocycles. The van der Waals surface area contributed by atoms with E-state index < -0.39 is 5.97 Å². The van der Waals surface area contributed by atoms with Gasteiger partial charge in [-0.2, -0.15) is 0 Å². The molecular weight excluding hydrogens is 346 g/mol. The maximum absolute atomic E-state index is 12.3. The summed E-state index contributed by atoms with van der Waals surface area (Å²) < 4.78 is 0. The molecule has 1 spiro atoms. The highest BCUT2D eigenvalue weighted by molar-refractivity contribution is 7.99. The summed E-state index contributed by atoms with van der Waals surface area (Å²) in [5, 5.41) is 9.84. The van der Waals surface area contributed by atoms with Crippen LogP contribution in [0.1, 0.15) is 32.1 Å². The molecule has 1 N–H and O–H groups in total. The number of benzene rings is 1. The van der Waals surface area contributed by atoms with E-state index in [1.54, 1.807) is 11.8 Å². The first kappa shape index (κ1) is 17.6. The summed E-state index contributed by atoms with van der Waals surface area (Å²) in [5.74, 6) is 0.264. The number of carbonyl (C=O) groups excluding carboxylic acids is 1. The van der Waals surface area contributed by atoms with Crippen molar-refractivity contribution >= 4 is 35.2 Å². The third kappa shape index (κ3) is 4.06. The van der Waals surface area contributed by atoms with Crippen molar-refractivity contribution in [3.05, 3.63) is 29.3 Å². The lowest BCUT2D eigenvalue weighted by atomic mass is 9.90. The van der Waals surface area contributed by atoms with E-state index in [4.69, 9.17) is 16.7 Å². The number of likely N-dealkylation sites (tertiary alicyclic amines) is 1. The molecule has 0 bridgehead atoms. The first-order valence-corrected chi connectivity index (χ1v) is 9.75. The van der Waals surface area contributed by atoms with Gasteiger partial charge in [0.1, 0.15) is 0 Å². The largest absolute Gasteiger partial charge is 0.481 e. The highest BCUT2D eigenvalue weighted by Crippen LogP contribution is 2.59. The molecule has 1 aromatic carbocycles. The fraction of sp³-hybridized carbons (Fsp3) is 0.556. The van der Waals surface area contributed by atoms with Crippen LogP contribution in [0.15, 0.2) is 29.2 Å². The van der Waals surface area contributed by atoms with Gasteiger partial charge in [0.25, 0.3) is 0 Å². The lowest BCUT2D eigenvalue weighted by molar-refractivity contribution is -0.139. The number of aliphatic carboxylic acids is 1. The van der Waals surface area contributed by atoms with Gasteiger partial charge in [0.05, 0.1) is 5.92 Å². The van der Waals surface area contributed by atoms with Gasteiger partial charge in [-0.25, -0.2) is 0 Å². The van der Waals surface area contributed by atoms with Crippen molar-refractivity contribution in [3.8, 4) is 0 Å². The first-order chi connectivity index (χ1) is 11.5. The molecule has 24 heavy (non-hydrogen) atoms. The van der Waals surface area contributed by atoms with E-state index in [1.807, 2.05) is 29.2 Å². The SMILES string of the molecule is O=C(O)C1CC12CCN(C(=O)CCCSc1ccc(Cl)cc1)CC2. The molecule has 0 radical (unpaired) electrons. The molecule has 1 saturated heterocycles. The summed E-state index contributed by atoms with van der Waals surface area (Å²) in [5.41, 5.74) is -0.00690. The second kappa shape index (κ2) is 7.36. The molecule has 1 unspecified atom stereocenters. The summed E-state index contributed by atoms with van der Waals surface area (Å²) in [7, 11) is 0. The molecule has 130 valence electrons. The Labute approximate surface area is 151 Å². The lowest BCUT2D eigenvalue weighted by Gasteiger charge is -2.32. The summed E-state index contributed by atoms with van der Waals surface area (Å²) >= 11 is 7.60. The maximum atomic E-state index is 12.3. The molecule has 1 amide bonds. The van der Waals surface area contributed by atoms with Gasteiger partial charge in [-0.1, -0.05) is 11.6 Å². The molecule has 3 rings (SSSR count). The van der Waals surface area contributed by atoms with Crippen molar-refractivity contribution < 1.29 is 14.7 Å². The molecule has 2 fully saturated rings. The Morgan fingerprint density at radius 3 is 2.50 bits per heavy atom. The van der Waals surface area contributed by atoms with Crippen molar-refractivity contribution in [3.63, 3.8) is 0 Å². The maximum Gasteiger partial charge on any atom is 0.307 e. The zero-order valence-electron chi connectivity index (χ0n) is 13.5. The third-order valence-corrected chi connectivity index (χ3v) is 6.57. The van der Waals surface area contributed by atoms with Crippen LogP contribution in [0, 0.1) is 11.3 Å². The number of halogens is 1. The van der Waals surface area contributed by atoms with Crippen molar-refractivity contribution in [2.45, 2.75) is 37.0 Å². The van der Waals surface area contributed by atoms with Crippen LogP contribution in [0.4, 0.5) is 0 Å². The number of hydrogen-bond donors (Lipinski definition) is 1. The number of rotatable bonds is 6. The zero-order chi connectivity index (χ0) is 17.2. The Bertz CT molecular complexity index is 611. The first-order valence-electron chi connectivity index (χ1n) is 8.39. The molecule has 1 saturated carbocycles. The average molecular weight is 368 g/mol. The minimum absolute atomic E-state index is 0.00690. The number of carbonyl (C=O) groups is 2. The number of piperidine rings is 1. The van der Waals surface area contributed by atoms with Crippen molar-refractivity contribution in [2.24, 2.45) is 11.3 Å². The standard InChI is InChI=1S/C18H22ClNO3S/c19-13-3-5-14(6-4-13)24-11-1-2-16(21)20-9-7-18(8-10-20)12-15(18)17(22)23/h3-6,15H,1-2,7-12H2,(H,22,23). The molecule has 4 nitrogen and oxygen atoms in total. The van der Waals surface area contributed by atoms with E-state index in [1.165, 1.54) is 4.90 Å². The number of carboxylic acid groups (broad SMARTS) is 1. The van der Waals surface area contributed by atoms with Gasteiger partial charge in [-0.3, -0.25) is 9.59 Å². The van der Waals surface area contributed by atoms with Gasteiger partial charge < -0.3 is 10.0 Å². The lowest BCUT2D eigenvalue weighted by Crippen LogP contribution is -2.39. The Morgan fingerprint density at radius 2 is 1.92 bits per heavy atom. The second-order valence-electron chi connectivity index (χ2n) is 6.74. The Hall–Kier alpha value is -1.20. The molecule has 1 heterocycles. The van der Waals surface area contributed by atoms with Crippen LogP contribution in [-0.2, 0) is 9.59 Å². The fourth-order valence-electron chi connectivity index (χ4n) is 3.55.